The van der Waals surface area contributed by atoms with Gasteiger partial charge >= 0.3 is 0 Å². The number of halogens is 1. The molecule has 0 amide bonds. The van der Waals surface area contributed by atoms with Crippen molar-refractivity contribution in [1.29, 1.82) is 0 Å². The fraction of sp³-hybridized carbons (Fsp3) is 0.150. The zero-order chi connectivity index (χ0) is 17.3. The van der Waals surface area contributed by atoms with Crippen molar-refractivity contribution < 1.29 is 14.3 Å². The Bertz CT molecular complexity index is 865. The summed E-state index contributed by atoms with van der Waals surface area (Å²) >= 11 is 3.48. The Balaban J connectivity index is 1.94. The second-order valence-corrected chi connectivity index (χ2v) is 6.63. The normalized spacial score (nSPS) is 14.5. The second-order valence-electron chi connectivity index (χ2n) is 5.77. The predicted molar refractivity (Wildman–Crippen MR) is 98.6 cm³/mol. The van der Waals surface area contributed by atoms with Crippen LogP contribution in [0.15, 0.2) is 58.8 Å². The Hall–Kier alpha value is -2.33. The molecule has 2 aromatic rings. The van der Waals surface area contributed by atoms with E-state index in [9.17, 15) is 4.79 Å². The number of carbonyl (C=O) groups excluding carboxylic acids is 1. The van der Waals surface area contributed by atoms with Crippen LogP contribution in [0, 0.1) is 6.92 Å². The van der Waals surface area contributed by atoms with E-state index in [1.54, 1.807) is 18.2 Å². The lowest BCUT2D eigenvalue weighted by Crippen LogP contribution is -2.00. The summed E-state index contributed by atoms with van der Waals surface area (Å²) in [5.41, 5.74) is 3.21. The topological polar surface area (TPSA) is 35.5 Å². The van der Waals surface area contributed by atoms with Gasteiger partial charge in [-0.2, -0.15) is 0 Å². The number of ether oxygens (including phenoxy) is 2. The molecule has 122 valence electrons. The highest BCUT2D eigenvalue weighted by Crippen LogP contribution is 2.39. The van der Waals surface area contributed by atoms with Gasteiger partial charge in [0.05, 0.1) is 5.56 Å². The third-order valence-electron chi connectivity index (χ3n) is 3.70. The van der Waals surface area contributed by atoms with E-state index in [0.717, 1.165) is 21.2 Å². The summed E-state index contributed by atoms with van der Waals surface area (Å²) in [6, 6.07) is 11.2. The van der Waals surface area contributed by atoms with Crippen LogP contribution in [0.3, 0.4) is 0 Å². The van der Waals surface area contributed by atoms with Crippen molar-refractivity contribution in [2.24, 2.45) is 0 Å². The number of hydrogen-bond acceptors (Lipinski definition) is 3. The zero-order valence-corrected chi connectivity index (χ0v) is 15.1. The molecule has 4 heteroatoms. The largest absolute Gasteiger partial charge is 0.489 e. The van der Waals surface area contributed by atoms with E-state index in [1.807, 2.05) is 38.1 Å². The first-order valence-corrected chi connectivity index (χ1v) is 8.36. The van der Waals surface area contributed by atoms with Crippen molar-refractivity contribution in [3.63, 3.8) is 0 Å². The molecule has 0 fully saturated rings. The summed E-state index contributed by atoms with van der Waals surface area (Å²) in [5.74, 6) is 1.47. The highest BCUT2D eigenvalue weighted by Gasteiger charge is 2.30. The standard InChI is InChI=1S/C20H17BrO3/c1-12(2)11-23-17-9-8-15-19(22)18(24-20(15)13(17)3)10-14-6-4-5-7-16(14)21/h4-10H,1,11H2,2-3H3/b18-10-. The molecule has 2 aromatic carbocycles. The minimum absolute atomic E-state index is 0.115. The minimum Gasteiger partial charge on any atom is -0.489 e. The first kappa shape index (κ1) is 16.5. The lowest BCUT2D eigenvalue weighted by molar-refractivity contribution is 0.101. The van der Waals surface area contributed by atoms with Crippen LogP contribution in [0.25, 0.3) is 6.08 Å². The van der Waals surface area contributed by atoms with Crippen LogP contribution < -0.4 is 9.47 Å². The van der Waals surface area contributed by atoms with Crippen molar-refractivity contribution in [3.8, 4) is 11.5 Å². The van der Waals surface area contributed by atoms with Crippen molar-refractivity contribution in [2.75, 3.05) is 6.61 Å². The summed E-state index contributed by atoms with van der Waals surface area (Å²) in [6.07, 6.45) is 1.75. The maximum absolute atomic E-state index is 12.6. The van der Waals surface area contributed by atoms with Gasteiger partial charge in [-0.25, -0.2) is 0 Å². The van der Waals surface area contributed by atoms with Gasteiger partial charge in [0.2, 0.25) is 5.78 Å². The SMILES string of the molecule is C=C(C)COc1ccc2c(c1C)O/C(=C\c1ccccc1Br)C2=O. The van der Waals surface area contributed by atoms with E-state index in [-0.39, 0.29) is 5.78 Å². The molecule has 1 aliphatic rings. The fourth-order valence-corrected chi connectivity index (χ4v) is 2.86. The van der Waals surface area contributed by atoms with Crippen molar-refractivity contribution >= 4 is 27.8 Å². The van der Waals surface area contributed by atoms with Crippen molar-refractivity contribution in [1.82, 2.24) is 0 Å². The van der Waals surface area contributed by atoms with Gasteiger partial charge in [0.25, 0.3) is 0 Å². The van der Waals surface area contributed by atoms with Crippen LogP contribution in [0.2, 0.25) is 0 Å². The van der Waals surface area contributed by atoms with Crippen LogP contribution in [0.1, 0.15) is 28.4 Å². The average Bonchev–Trinajstić information content (AvgIpc) is 2.86. The third-order valence-corrected chi connectivity index (χ3v) is 4.42. The monoisotopic (exact) mass is 384 g/mol. The molecule has 0 bridgehead atoms. The minimum atomic E-state index is -0.115. The maximum atomic E-state index is 12.6. The quantitative estimate of drug-likeness (QED) is 0.527. The third kappa shape index (κ3) is 3.15. The average molecular weight is 385 g/mol. The van der Waals surface area contributed by atoms with Gasteiger partial charge in [-0.3, -0.25) is 4.79 Å². The Morgan fingerprint density at radius 3 is 2.75 bits per heavy atom. The Morgan fingerprint density at radius 1 is 1.29 bits per heavy atom. The summed E-state index contributed by atoms with van der Waals surface area (Å²) in [7, 11) is 0. The highest BCUT2D eigenvalue weighted by atomic mass is 79.9. The molecule has 3 rings (SSSR count). The number of allylic oxidation sites excluding steroid dienone is 1. The summed E-state index contributed by atoms with van der Waals surface area (Å²) in [4.78, 5) is 12.6. The first-order valence-electron chi connectivity index (χ1n) is 7.57. The summed E-state index contributed by atoms with van der Waals surface area (Å²) in [5, 5.41) is 0. The smallest absolute Gasteiger partial charge is 0.231 e. The van der Waals surface area contributed by atoms with E-state index in [1.165, 1.54) is 0 Å². The van der Waals surface area contributed by atoms with Crippen molar-refractivity contribution in [3.05, 3.63) is 75.5 Å². The van der Waals surface area contributed by atoms with Gasteiger partial charge in [0.15, 0.2) is 5.76 Å². The molecule has 1 heterocycles. The molecule has 0 aliphatic carbocycles. The molecule has 3 nitrogen and oxygen atoms in total. The number of fused-ring (bicyclic) bond motifs is 1. The summed E-state index contributed by atoms with van der Waals surface area (Å²) < 4.78 is 12.5. The molecular weight excluding hydrogens is 368 g/mol. The molecule has 0 saturated heterocycles. The predicted octanol–water partition coefficient (Wildman–Crippen LogP) is 5.33. The molecule has 0 atom stereocenters. The summed E-state index contributed by atoms with van der Waals surface area (Å²) in [6.45, 7) is 8.06. The van der Waals surface area contributed by atoms with Crippen LogP contribution in [-0.2, 0) is 0 Å². The molecule has 0 N–H and O–H groups in total. The van der Waals surface area contributed by atoms with E-state index < -0.39 is 0 Å². The van der Waals surface area contributed by atoms with Gasteiger partial charge in [0.1, 0.15) is 18.1 Å². The second kappa shape index (κ2) is 6.65. The van der Waals surface area contributed by atoms with E-state index >= 15 is 0 Å². The number of ketones is 1. The van der Waals surface area contributed by atoms with E-state index in [2.05, 4.69) is 22.5 Å². The number of Topliss-reactive ketones (excluding diaryl/α,β-unsaturated/α-hetero) is 1. The van der Waals surface area contributed by atoms with Crippen LogP contribution >= 0.6 is 15.9 Å². The molecule has 0 aromatic heterocycles. The van der Waals surface area contributed by atoms with Crippen LogP contribution in [0.5, 0.6) is 11.5 Å². The molecular formula is C20H17BrO3. The van der Waals surface area contributed by atoms with Gasteiger partial charge in [0, 0.05) is 10.0 Å². The van der Waals surface area contributed by atoms with Gasteiger partial charge < -0.3 is 9.47 Å². The number of hydrogen-bond donors (Lipinski definition) is 0. The molecule has 0 spiro atoms. The van der Waals surface area contributed by atoms with Gasteiger partial charge in [-0.05, 0) is 49.3 Å². The number of rotatable bonds is 4. The lowest BCUT2D eigenvalue weighted by atomic mass is 10.1. The maximum Gasteiger partial charge on any atom is 0.231 e. The number of benzene rings is 2. The van der Waals surface area contributed by atoms with Gasteiger partial charge in [-0.15, -0.1) is 0 Å². The Labute approximate surface area is 149 Å². The van der Waals surface area contributed by atoms with Crippen LogP contribution in [-0.4, -0.2) is 12.4 Å². The molecule has 0 unspecified atom stereocenters. The molecule has 0 saturated carbocycles. The number of carbonyl (C=O) groups is 1. The molecule has 1 aliphatic heterocycles. The molecule has 24 heavy (non-hydrogen) atoms. The van der Waals surface area contributed by atoms with Gasteiger partial charge in [-0.1, -0.05) is 40.7 Å². The fourth-order valence-electron chi connectivity index (χ4n) is 2.46. The van der Waals surface area contributed by atoms with E-state index in [4.69, 9.17) is 9.47 Å². The Morgan fingerprint density at radius 2 is 2.04 bits per heavy atom. The first-order chi connectivity index (χ1) is 11.5. The lowest BCUT2D eigenvalue weighted by Gasteiger charge is -2.11. The van der Waals surface area contributed by atoms with Crippen molar-refractivity contribution in [2.45, 2.75) is 13.8 Å². The van der Waals surface area contributed by atoms with E-state index in [0.29, 0.717) is 29.4 Å². The zero-order valence-electron chi connectivity index (χ0n) is 13.6. The highest BCUT2D eigenvalue weighted by molar-refractivity contribution is 9.10. The Kier molecular flexibility index (Phi) is 4.58. The molecule has 0 radical (unpaired) electrons. The van der Waals surface area contributed by atoms with Crippen LogP contribution in [0.4, 0.5) is 0 Å².